The van der Waals surface area contributed by atoms with Gasteiger partial charge in [0.15, 0.2) is 0 Å². The van der Waals surface area contributed by atoms with E-state index in [0.717, 1.165) is 0 Å². The number of carbonyl (C=O) groups excluding carboxylic acids is 1. The molecule has 2 rings (SSSR count). The fourth-order valence-corrected chi connectivity index (χ4v) is 2.82. The van der Waals surface area contributed by atoms with E-state index >= 15 is 0 Å². The molecular weight excluding hydrogens is 248 g/mol. The third kappa shape index (κ3) is 2.28. The van der Waals surface area contributed by atoms with E-state index < -0.39 is 0 Å². The number of amides is 1. The van der Waals surface area contributed by atoms with Gasteiger partial charge in [0.05, 0.1) is 5.69 Å². The fraction of sp³-hybridized carbons (Fsp3) is 0.417. The molecule has 2 aromatic rings. The first-order chi connectivity index (χ1) is 8.50. The number of thiophene rings is 1. The molecular formula is C12H16N4OS. The summed E-state index contributed by atoms with van der Waals surface area (Å²) in [5.41, 5.74) is 7.02. The number of rotatable bonds is 3. The van der Waals surface area contributed by atoms with Gasteiger partial charge in [-0.25, -0.2) is 9.97 Å². The van der Waals surface area contributed by atoms with Gasteiger partial charge in [-0.15, -0.1) is 11.3 Å². The predicted molar refractivity (Wildman–Crippen MR) is 73.6 cm³/mol. The number of nitrogen functional groups attached to an aromatic ring is 1. The molecule has 2 N–H and O–H groups in total. The van der Waals surface area contributed by atoms with Gasteiger partial charge in [0.2, 0.25) is 0 Å². The first-order valence-electron chi connectivity index (χ1n) is 5.75. The molecule has 0 spiro atoms. The Balaban J connectivity index is 2.36. The Labute approximate surface area is 110 Å². The van der Waals surface area contributed by atoms with Crippen LogP contribution in [0.3, 0.4) is 0 Å². The standard InChI is InChI=1S/C12H16N4OS/c1-7(2)6-16(3)12(17)10-8(13)9-11(18-10)15-5-4-14-9/h4-5,7H,6,13H2,1-3H3. The van der Waals surface area contributed by atoms with Crippen LogP contribution in [-0.4, -0.2) is 34.4 Å². The van der Waals surface area contributed by atoms with Crippen molar-refractivity contribution >= 4 is 33.3 Å². The number of carbonyl (C=O) groups is 1. The molecule has 0 atom stereocenters. The van der Waals surface area contributed by atoms with Gasteiger partial charge in [-0.2, -0.15) is 0 Å². The van der Waals surface area contributed by atoms with E-state index in [1.165, 1.54) is 11.3 Å². The molecule has 0 radical (unpaired) electrons. The van der Waals surface area contributed by atoms with E-state index in [4.69, 9.17) is 5.73 Å². The summed E-state index contributed by atoms with van der Waals surface area (Å²) in [7, 11) is 1.78. The molecule has 18 heavy (non-hydrogen) atoms. The van der Waals surface area contributed by atoms with Crippen LogP contribution in [0.5, 0.6) is 0 Å². The third-order valence-electron chi connectivity index (χ3n) is 2.54. The molecule has 0 aliphatic carbocycles. The highest BCUT2D eigenvalue weighted by Crippen LogP contribution is 2.31. The Kier molecular flexibility index (Phi) is 3.47. The highest BCUT2D eigenvalue weighted by atomic mass is 32.1. The topological polar surface area (TPSA) is 72.1 Å². The van der Waals surface area contributed by atoms with Crippen molar-refractivity contribution in [2.24, 2.45) is 5.92 Å². The molecule has 0 aliphatic rings. The summed E-state index contributed by atoms with van der Waals surface area (Å²) < 4.78 is 0. The molecule has 2 heterocycles. The van der Waals surface area contributed by atoms with Gasteiger partial charge in [0.25, 0.3) is 5.91 Å². The van der Waals surface area contributed by atoms with Gasteiger partial charge in [-0.1, -0.05) is 13.8 Å². The lowest BCUT2D eigenvalue weighted by Gasteiger charge is -2.18. The Morgan fingerprint density at radius 1 is 1.44 bits per heavy atom. The van der Waals surface area contributed by atoms with Crippen LogP contribution in [0, 0.1) is 5.92 Å². The average Bonchev–Trinajstić information content (AvgIpc) is 2.66. The Hall–Kier alpha value is -1.69. The zero-order valence-corrected chi connectivity index (χ0v) is 11.5. The number of anilines is 1. The van der Waals surface area contributed by atoms with Crippen LogP contribution >= 0.6 is 11.3 Å². The first kappa shape index (κ1) is 12.8. The quantitative estimate of drug-likeness (QED) is 0.920. The van der Waals surface area contributed by atoms with E-state index in [9.17, 15) is 4.79 Å². The molecule has 0 bridgehead atoms. The summed E-state index contributed by atoms with van der Waals surface area (Å²) in [4.78, 5) is 23.5. The molecule has 6 heteroatoms. The fourth-order valence-electron chi connectivity index (χ4n) is 1.81. The molecule has 0 fully saturated rings. The van der Waals surface area contributed by atoms with Gasteiger partial charge in [-0.05, 0) is 5.92 Å². The second kappa shape index (κ2) is 4.89. The van der Waals surface area contributed by atoms with Gasteiger partial charge >= 0.3 is 0 Å². The summed E-state index contributed by atoms with van der Waals surface area (Å²) in [6.45, 7) is 4.84. The maximum Gasteiger partial charge on any atom is 0.265 e. The normalized spacial score (nSPS) is 11.1. The average molecular weight is 264 g/mol. The molecule has 5 nitrogen and oxygen atoms in total. The molecule has 0 saturated carbocycles. The molecule has 1 amide bonds. The van der Waals surface area contributed by atoms with E-state index in [0.29, 0.717) is 33.4 Å². The Bertz CT molecular complexity index is 578. The van der Waals surface area contributed by atoms with Crippen molar-refractivity contribution in [2.75, 3.05) is 19.3 Å². The molecule has 2 aromatic heterocycles. The summed E-state index contributed by atoms with van der Waals surface area (Å²) in [6.07, 6.45) is 3.18. The largest absolute Gasteiger partial charge is 0.396 e. The zero-order chi connectivity index (χ0) is 13.3. The number of aromatic nitrogens is 2. The number of fused-ring (bicyclic) bond motifs is 1. The number of hydrogen-bond acceptors (Lipinski definition) is 5. The van der Waals surface area contributed by atoms with E-state index in [-0.39, 0.29) is 5.91 Å². The van der Waals surface area contributed by atoms with E-state index in [1.54, 1.807) is 24.3 Å². The van der Waals surface area contributed by atoms with Crippen LogP contribution in [0.15, 0.2) is 12.4 Å². The van der Waals surface area contributed by atoms with Crippen molar-refractivity contribution in [2.45, 2.75) is 13.8 Å². The van der Waals surface area contributed by atoms with Crippen molar-refractivity contribution in [3.05, 3.63) is 17.3 Å². The van der Waals surface area contributed by atoms with Gasteiger partial charge < -0.3 is 10.6 Å². The van der Waals surface area contributed by atoms with Crippen LogP contribution in [0.1, 0.15) is 23.5 Å². The second-order valence-electron chi connectivity index (χ2n) is 4.63. The molecule has 96 valence electrons. The molecule has 0 aliphatic heterocycles. The highest BCUT2D eigenvalue weighted by molar-refractivity contribution is 7.21. The smallest absolute Gasteiger partial charge is 0.265 e. The van der Waals surface area contributed by atoms with Crippen LogP contribution in [0.2, 0.25) is 0 Å². The minimum Gasteiger partial charge on any atom is -0.396 e. The maximum atomic E-state index is 12.3. The van der Waals surface area contributed by atoms with Crippen molar-refractivity contribution in [3.8, 4) is 0 Å². The summed E-state index contributed by atoms with van der Waals surface area (Å²) in [6, 6.07) is 0. The van der Waals surface area contributed by atoms with Crippen molar-refractivity contribution in [3.63, 3.8) is 0 Å². The number of hydrogen-bond donors (Lipinski definition) is 1. The van der Waals surface area contributed by atoms with Crippen LogP contribution in [-0.2, 0) is 0 Å². The molecule has 0 saturated heterocycles. The lowest BCUT2D eigenvalue weighted by molar-refractivity contribution is 0.0785. The maximum absolute atomic E-state index is 12.3. The third-order valence-corrected chi connectivity index (χ3v) is 3.63. The van der Waals surface area contributed by atoms with Crippen LogP contribution in [0.4, 0.5) is 5.69 Å². The van der Waals surface area contributed by atoms with Crippen LogP contribution in [0.25, 0.3) is 10.3 Å². The van der Waals surface area contributed by atoms with Gasteiger partial charge in [0, 0.05) is 26.0 Å². The van der Waals surface area contributed by atoms with Gasteiger partial charge in [0.1, 0.15) is 15.2 Å². The number of nitrogens with zero attached hydrogens (tertiary/aromatic N) is 3. The lowest BCUT2D eigenvalue weighted by atomic mass is 10.2. The molecule has 0 unspecified atom stereocenters. The summed E-state index contributed by atoms with van der Waals surface area (Å²) in [5, 5.41) is 0. The van der Waals surface area contributed by atoms with Crippen molar-refractivity contribution < 1.29 is 4.79 Å². The predicted octanol–water partition coefficient (Wildman–Crippen LogP) is 2.00. The number of nitrogens with two attached hydrogens (primary N) is 1. The highest BCUT2D eigenvalue weighted by Gasteiger charge is 2.21. The van der Waals surface area contributed by atoms with E-state index in [1.807, 2.05) is 0 Å². The minimum atomic E-state index is -0.0639. The van der Waals surface area contributed by atoms with Crippen molar-refractivity contribution in [1.82, 2.24) is 14.9 Å². The Morgan fingerprint density at radius 3 is 2.72 bits per heavy atom. The van der Waals surface area contributed by atoms with E-state index in [2.05, 4.69) is 23.8 Å². The SMILES string of the molecule is CC(C)CN(C)C(=O)c1sc2nccnc2c1N. The van der Waals surface area contributed by atoms with Gasteiger partial charge in [-0.3, -0.25) is 4.79 Å². The first-order valence-corrected chi connectivity index (χ1v) is 6.56. The van der Waals surface area contributed by atoms with Crippen LogP contribution < -0.4 is 5.73 Å². The molecule has 0 aromatic carbocycles. The minimum absolute atomic E-state index is 0.0639. The van der Waals surface area contributed by atoms with Crippen molar-refractivity contribution in [1.29, 1.82) is 0 Å². The summed E-state index contributed by atoms with van der Waals surface area (Å²) in [5.74, 6) is 0.358. The lowest BCUT2D eigenvalue weighted by Crippen LogP contribution is -2.30. The Morgan fingerprint density at radius 2 is 2.11 bits per heavy atom. The second-order valence-corrected chi connectivity index (χ2v) is 5.63. The summed E-state index contributed by atoms with van der Waals surface area (Å²) >= 11 is 1.30. The zero-order valence-electron chi connectivity index (χ0n) is 10.7. The monoisotopic (exact) mass is 264 g/mol.